The molecule has 0 fully saturated rings. The quantitative estimate of drug-likeness (QED) is 0.702. The number of benzene rings is 1. The van der Waals surface area contributed by atoms with Gasteiger partial charge >= 0.3 is 0 Å². The Hall–Kier alpha value is -0.400. The summed E-state index contributed by atoms with van der Waals surface area (Å²) >= 11 is 12.0. The van der Waals surface area contributed by atoms with E-state index in [1.54, 1.807) is 13.2 Å². The maximum Gasteiger partial charge on any atom is 0.141 e. The van der Waals surface area contributed by atoms with Gasteiger partial charge in [-0.15, -0.1) is 0 Å². The van der Waals surface area contributed by atoms with E-state index in [-0.39, 0.29) is 5.41 Å². The van der Waals surface area contributed by atoms with Crippen LogP contribution in [0.2, 0.25) is 10.0 Å². The Morgan fingerprint density at radius 2 is 1.71 bits per heavy atom. The molecule has 0 heterocycles. The fourth-order valence-electron chi connectivity index (χ4n) is 1.32. The van der Waals surface area contributed by atoms with Crippen LogP contribution in [0.4, 0.5) is 0 Å². The summed E-state index contributed by atoms with van der Waals surface area (Å²) in [6.07, 6.45) is 0. The van der Waals surface area contributed by atoms with Gasteiger partial charge in [-0.1, -0.05) is 44.0 Å². The van der Waals surface area contributed by atoms with E-state index < -0.39 is 0 Å². The van der Waals surface area contributed by atoms with Crippen molar-refractivity contribution in [1.29, 1.82) is 0 Å². The molecule has 78 valence electrons. The summed E-state index contributed by atoms with van der Waals surface area (Å²) in [6, 6.07) is 3.59. The summed E-state index contributed by atoms with van der Waals surface area (Å²) in [4.78, 5) is 0. The standard InChI is InChI=1S/C11H14Cl2O/c1-11(2,3)8-5-7(12)6-9(13)10(8)14-4/h5-6H,1-4H3. The molecule has 3 heteroatoms. The second-order valence-electron chi connectivity index (χ2n) is 4.22. The van der Waals surface area contributed by atoms with Crippen molar-refractivity contribution < 1.29 is 4.74 Å². The molecule has 0 aliphatic rings. The van der Waals surface area contributed by atoms with E-state index in [0.717, 1.165) is 5.56 Å². The van der Waals surface area contributed by atoms with E-state index in [0.29, 0.717) is 15.8 Å². The van der Waals surface area contributed by atoms with Gasteiger partial charge in [0.2, 0.25) is 0 Å². The van der Waals surface area contributed by atoms with Crippen molar-refractivity contribution in [3.8, 4) is 5.75 Å². The normalized spacial score (nSPS) is 11.6. The lowest BCUT2D eigenvalue weighted by Gasteiger charge is -2.23. The van der Waals surface area contributed by atoms with Crippen LogP contribution < -0.4 is 4.74 Å². The van der Waals surface area contributed by atoms with E-state index >= 15 is 0 Å². The SMILES string of the molecule is COc1c(Cl)cc(Cl)cc1C(C)(C)C. The highest BCUT2D eigenvalue weighted by Crippen LogP contribution is 2.38. The van der Waals surface area contributed by atoms with Crippen LogP contribution in [-0.4, -0.2) is 7.11 Å². The van der Waals surface area contributed by atoms with Crippen molar-refractivity contribution in [3.05, 3.63) is 27.7 Å². The van der Waals surface area contributed by atoms with E-state index in [4.69, 9.17) is 27.9 Å². The topological polar surface area (TPSA) is 9.23 Å². The highest BCUT2D eigenvalue weighted by atomic mass is 35.5. The zero-order chi connectivity index (χ0) is 10.9. The van der Waals surface area contributed by atoms with Crippen molar-refractivity contribution in [1.82, 2.24) is 0 Å². The molecule has 1 aromatic carbocycles. The molecule has 0 unspecified atom stereocenters. The maximum absolute atomic E-state index is 6.03. The molecule has 0 atom stereocenters. The molecule has 1 nitrogen and oxygen atoms in total. The molecule has 0 saturated carbocycles. The highest BCUT2D eigenvalue weighted by Gasteiger charge is 2.21. The van der Waals surface area contributed by atoms with Gasteiger partial charge in [0.05, 0.1) is 12.1 Å². The predicted octanol–water partition coefficient (Wildman–Crippen LogP) is 4.30. The van der Waals surface area contributed by atoms with Crippen LogP contribution in [0.1, 0.15) is 26.3 Å². The number of hydrogen-bond donors (Lipinski definition) is 0. The van der Waals surface area contributed by atoms with Crippen LogP contribution in [0.15, 0.2) is 12.1 Å². The van der Waals surface area contributed by atoms with Gasteiger partial charge in [-0.05, 0) is 17.5 Å². The molecule has 0 amide bonds. The van der Waals surface area contributed by atoms with Crippen molar-refractivity contribution in [2.75, 3.05) is 7.11 Å². The molecular formula is C11H14Cl2O. The molecular weight excluding hydrogens is 219 g/mol. The first-order chi connectivity index (χ1) is 6.36. The number of ether oxygens (including phenoxy) is 1. The van der Waals surface area contributed by atoms with Crippen LogP contribution in [-0.2, 0) is 5.41 Å². The van der Waals surface area contributed by atoms with Crippen LogP contribution in [0.25, 0.3) is 0 Å². The van der Waals surface area contributed by atoms with Gasteiger partial charge in [0.25, 0.3) is 0 Å². The molecule has 0 radical (unpaired) electrons. The minimum absolute atomic E-state index is 0.0279. The van der Waals surface area contributed by atoms with Crippen LogP contribution in [0.3, 0.4) is 0 Å². The smallest absolute Gasteiger partial charge is 0.141 e. The first-order valence-electron chi connectivity index (χ1n) is 4.40. The van der Waals surface area contributed by atoms with Gasteiger partial charge in [-0.25, -0.2) is 0 Å². The zero-order valence-electron chi connectivity index (χ0n) is 8.82. The Labute approximate surface area is 95.0 Å². The monoisotopic (exact) mass is 232 g/mol. The largest absolute Gasteiger partial charge is 0.495 e. The first-order valence-corrected chi connectivity index (χ1v) is 5.15. The third-order valence-corrected chi connectivity index (χ3v) is 2.52. The molecule has 0 spiro atoms. The van der Waals surface area contributed by atoms with Crippen LogP contribution >= 0.6 is 23.2 Å². The number of hydrogen-bond acceptors (Lipinski definition) is 1. The van der Waals surface area contributed by atoms with Crippen LogP contribution in [0.5, 0.6) is 5.75 Å². The zero-order valence-corrected chi connectivity index (χ0v) is 10.3. The van der Waals surface area contributed by atoms with E-state index in [2.05, 4.69) is 20.8 Å². The Balaban J connectivity index is 3.40. The summed E-state index contributed by atoms with van der Waals surface area (Å²) < 4.78 is 5.27. The Kier molecular flexibility index (Phi) is 3.33. The molecule has 0 aromatic heterocycles. The lowest BCUT2D eigenvalue weighted by Crippen LogP contribution is -2.13. The minimum atomic E-state index is -0.0279. The average Bonchev–Trinajstić information content (AvgIpc) is 2.01. The number of halogens is 2. The molecule has 0 bridgehead atoms. The highest BCUT2D eigenvalue weighted by molar-refractivity contribution is 6.35. The Morgan fingerprint density at radius 3 is 2.14 bits per heavy atom. The van der Waals surface area contributed by atoms with E-state index in [9.17, 15) is 0 Å². The fourth-order valence-corrected chi connectivity index (χ4v) is 1.90. The van der Waals surface area contributed by atoms with E-state index in [1.807, 2.05) is 6.07 Å². The molecule has 0 saturated heterocycles. The van der Waals surface area contributed by atoms with Gasteiger partial charge < -0.3 is 4.74 Å². The third-order valence-electron chi connectivity index (χ3n) is 2.02. The lowest BCUT2D eigenvalue weighted by molar-refractivity contribution is 0.398. The number of rotatable bonds is 1. The average molecular weight is 233 g/mol. The molecule has 1 rings (SSSR count). The van der Waals surface area contributed by atoms with Crippen molar-refractivity contribution >= 4 is 23.2 Å². The van der Waals surface area contributed by atoms with Crippen molar-refractivity contribution in [3.63, 3.8) is 0 Å². The first kappa shape index (κ1) is 11.7. The van der Waals surface area contributed by atoms with Gasteiger partial charge in [-0.3, -0.25) is 0 Å². The Bertz CT molecular complexity index is 340. The molecule has 0 aliphatic carbocycles. The summed E-state index contributed by atoms with van der Waals surface area (Å²) in [5.74, 6) is 0.712. The van der Waals surface area contributed by atoms with Gasteiger partial charge in [0.15, 0.2) is 0 Å². The Morgan fingerprint density at radius 1 is 1.14 bits per heavy atom. The summed E-state index contributed by atoms with van der Waals surface area (Å²) in [5.41, 5.74) is 0.998. The second kappa shape index (κ2) is 4.00. The van der Waals surface area contributed by atoms with E-state index in [1.165, 1.54) is 0 Å². The van der Waals surface area contributed by atoms with Gasteiger partial charge in [0, 0.05) is 10.6 Å². The minimum Gasteiger partial charge on any atom is -0.495 e. The summed E-state index contributed by atoms with van der Waals surface area (Å²) in [5, 5.41) is 1.20. The van der Waals surface area contributed by atoms with Crippen molar-refractivity contribution in [2.45, 2.75) is 26.2 Å². The predicted molar refractivity (Wildman–Crippen MR) is 61.7 cm³/mol. The molecule has 0 N–H and O–H groups in total. The number of methoxy groups -OCH3 is 1. The van der Waals surface area contributed by atoms with Crippen molar-refractivity contribution in [2.24, 2.45) is 0 Å². The molecule has 14 heavy (non-hydrogen) atoms. The summed E-state index contributed by atoms with van der Waals surface area (Å²) in [6.45, 7) is 6.28. The van der Waals surface area contributed by atoms with Gasteiger partial charge in [0.1, 0.15) is 5.75 Å². The molecule has 0 aliphatic heterocycles. The van der Waals surface area contributed by atoms with Crippen LogP contribution in [0, 0.1) is 0 Å². The lowest BCUT2D eigenvalue weighted by atomic mass is 9.86. The van der Waals surface area contributed by atoms with Gasteiger partial charge in [-0.2, -0.15) is 0 Å². The fraction of sp³-hybridized carbons (Fsp3) is 0.455. The second-order valence-corrected chi connectivity index (χ2v) is 5.06. The summed E-state index contributed by atoms with van der Waals surface area (Å²) in [7, 11) is 1.62. The molecule has 1 aromatic rings. The third kappa shape index (κ3) is 2.34. The maximum atomic E-state index is 6.03.